The Balaban J connectivity index is 1.64. The van der Waals surface area contributed by atoms with Gasteiger partial charge in [-0.15, -0.1) is 11.3 Å². The molecule has 3 atom stereocenters. The van der Waals surface area contributed by atoms with Crippen molar-refractivity contribution in [3.05, 3.63) is 50.8 Å². The van der Waals surface area contributed by atoms with Crippen LogP contribution < -0.4 is 4.72 Å². The van der Waals surface area contributed by atoms with Crippen molar-refractivity contribution >= 4 is 49.0 Å². The van der Waals surface area contributed by atoms with Gasteiger partial charge >= 0.3 is 5.97 Å². The molecule has 1 aromatic carbocycles. The van der Waals surface area contributed by atoms with E-state index in [1.807, 2.05) is 6.92 Å². The highest BCUT2D eigenvalue weighted by Crippen LogP contribution is 2.58. The van der Waals surface area contributed by atoms with Gasteiger partial charge in [-0.05, 0) is 78.1 Å². The smallest absolute Gasteiger partial charge is 0.309 e. The third kappa shape index (κ3) is 4.89. The van der Waals surface area contributed by atoms with Crippen LogP contribution >= 0.6 is 27.3 Å². The van der Waals surface area contributed by atoms with Crippen LogP contribution in [0.5, 0.6) is 0 Å². The molecule has 2 aliphatic rings. The summed E-state index contributed by atoms with van der Waals surface area (Å²) in [4.78, 5) is 18.1. The number of hydrogen-bond acceptors (Lipinski definition) is 6. The van der Waals surface area contributed by atoms with E-state index in [1.165, 1.54) is 0 Å². The lowest BCUT2D eigenvalue weighted by Crippen LogP contribution is -2.53. The lowest BCUT2D eigenvalue weighted by Gasteiger charge is -2.53. The normalized spacial score (nSPS) is 27.1. The third-order valence-electron chi connectivity index (χ3n) is 7.92. The van der Waals surface area contributed by atoms with Gasteiger partial charge in [0.1, 0.15) is 10.8 Å². The maximum Gasteiger partial charge on any atom is 0.309 e. The van der Waals surface area contributed by atoms with E-state index < -0.39 is 21.4 Å². The molecule has 1 heterocycles. The SMILES string of the molecule is CC(C)c1cc2c(cc1Br)[C@@]1(C)CCC[C@@](C)(C(=O)O)[C@@H]1C/C2=N\OCCNS(=O)(=O)c1cccs1. The third-order valence-corrected chi connectivity index (χ3v) is 11.5. The Morgan fingerprint density at radius 1 is 1.33 bits per heavy atom. The minimum Gasteiger partial charge on any atom is -0.481 e. The van der Waals surface area contributed by atoms with E-state index in [4.69, 9.17) is 4.84 Å². The standard InChI is InChI=1S/C26H33BrN2O5S2/c1-16(2)17-13-18-19(14-20(17)27)25(3)8-6-9-26(4,24(30)31)22(25)15-21(18)29-34-11-10-28-36(32,33)23-7-5-12-35-23/h5,7,12-14,16,22,28H,6,8-11,15H2,1-4H3,(H,30,31)/b29-21+/t22-,25-,26-/m1/s1. The van der Waals surface area contributed by atoms with Crippen LogP contribution in [0, 0.1) is 11.3 Å². The number of sulfonamides is 1. The number of thiophene rings is 1. The second-order valence-electron chi connectivity index (χ2n) is 10.5. The number of carbonyl (C=O) groups is 1. The van der Waals surface area contributed by atoms with Gasteiger partial charge in [0, 0.05) is 16.6 Å². The molecule has 2 aromatic rings. The van der Waals surface area contributed by atoms with Gasteiger partial charge in [0.05, 0.1) is 11.1 Å². The molecule has 1 saturated carbocycles. The molecule has 2 N–H and O–H groups in total. The average molecular weight is 598 g/mol. The van der Waals surface area contributed by atoms with Crippen molar-refractivity contribution in [1.82, 2.24) is 4.72 Å². The lowest BCUT2D eigenvalue weighted by molar-refractivity contribution is -0.156. The fraction of sp³-hybridized carbons (Fsp3) is 0.538. The molecule has 4 rings (SSSR count). The molecule has 0 bridgehead atoms. The largest absolute Gasteiger partial charge is 0.481 e. The average Bonchev–Trinajstić information content (AvgIpc) is 3.35. The number of carboxylic acids is 1. The number of oxime groups is 1. The molecule has 1 aromatic heterocycles. The molecule has 0 spiro atoms. The van der Waals surface area contributed by atoms with E-state index >= 15 is 0 Å². The van der Waals surface area contributed by atoms with Gasteiger partial charge in [-0.25, -0.2) is 13.1 Å². The van der Waals surface area contributed by atoms with Gasteiger partial charge in [-0.2, -0.15) is 0 Å². The second kappa shape index (κ2) is 10.2. The number of hydrogen-bond donors (Lipinski definition) is 2. The zero-order chi connectivity index (χ0) is 26.3. The summed E-state index contributed by atoms with van der Waals surface area (Å²) in [6.07, 6.45) is 2.89. The Morgan fingerprint density at radius 3 is 2.72 bits per heavy atom. The fourth-order valence-electron chi connectivity index (χ4n) is 5.87. The number of nitrogens with zero attached hydrogens (tertiary/aromatic N) is 1. The minimum absolute atomic E-state index is 0.0646. The summed E-state index contributed by atoms with van der Waals surface area (Å²) in [5, 5.41) is 16.4. The van der Waals surface area contributed by atoms with Crippen molar-refractivity contribution < 1.29 is 23.2 Å². The topological polar surface area (TPSA) is 105 Å². The molecule has 10 heteroatoms. The number of halogens is 1. The predicted octanol–water partition coefficient (Wildman–Crippen LogP) is 5.89. The van der Waals surface area contributed by atoms with Crippen LogP contribution in [-0.4, -0.2) is 38.4 Å². The summed E-state index contributed by atoms with van der Waals surface area (Å²) in [6.45, 7) is 8.46. The number of nitrogens with one attached hydrogen (secondary N) is 1. The van der Waals surface area contributed by atoms with E-state index in [1.54, 1.807) is 17.5 Å². The molecular weight excluding hydrogens is 564 g/mol. The van der Waals surface area contributed by atoms with Crippen molar-refractivity contribution in [1.29, 1.82) is 0 Å². The highest BCUT2D eigenvalue weighted by Gasteiger charge is 2.56. The Hall–Kier alpha value is -1.75. The summed E-state index contributed by atoms with van der Waals surface area (Å²) in [5.41, 5.74) is 2.80. The van der Waals surface area contributed by atoms with Crippen LogP contribution in [0.3, 0.4) is 0 Å². The number of benzene rings is 1. The highest BCUT2D eigenvalue weighted by atomic mass is 79.9. The molecule has 0 amide bonds. The summed E-state index contributed by atoms with van der Waals surface area (Å²) < 4.78 is 28.5. The molecular formula is C26H33BrN2O5S2. The predicted molar refractivity (Wildman–Crippen MR) is 145 cm³/mol. The van der Waals surface area contributed by atoms with Gasteiger partial charge in [-0.3, -0.25) is 4.79 Å². The second-order valence-corrected chi connectivity index (χ2v) is 14.3. The van der Waals surface area contributed by atoms with E-state index in [0.29, 0.717) is 18.8 Å². The molecule has 1 fully saturated rings. The Morgan fingerprint density at radius 2 is 2.08 bits per heavy atom. The van der Waals surface area contributed by atoms with Crippen LogP contribution in [0.1, 0.15) is 76.0 Å². The summed E-state index contributed by atoms with van der Waals surface area (Å²) in [7, 11) is -3.57. The maximum absolute atomic E-state index is 12.4. The van der Waals surface area contributed by atoms with Gasteiger partial charge in [0.25, 0.3) is 0 Å². The van der Waals surface area contributed by atoms with Crippen LogP contribution in [0.2, 0.25) is 0 Å². The first-order valence-electron chi connectivity index (χ1n) is 12.2. The lowest BCUT2D eigenvalue weighted by atomic mass is 9.49. The zero-order valence-corrected chi connectivity index (χ0v) is 24.2. The summed E-state index contributed by atoms with van der Waals surface area (Å²) in [6, 6.07) is 7.54. The van der Waals surface area contributed by atoms with E-state index in [0.717, 1.165) is 51.1 Å². The quantitative estimate of drug-likeness (QED) is 0.292. The van der Waals surface area contributed by atoms with Crippen LogP contribution in [0.25, 0.3) is 0 Å². The molecule has 0 aliphatic heterocycles. The van der Waals surface area contributed by atoms with Gasteiger partial charge < -0.3 is 9.94 Å². The highest BCUT2D eigenvalue weighted by molar-refractivity contribution is 9.10. The van der Waals surface area contributed by atoms with Crippen molar-refractivity contribution in [2.45, 2.75) is 68.9 Å². The van der Waals surface area contributed by atoms with Gasteiger partial charge in [0.2, 0.25) is 10.0 Å². The van der Waals surface area contributed by atoms with Crippen molar-refractivity contribution in [2.75, 3.05) is 13.2 Å². The van der Waals surface area contributed by atoms with Crippen molar-refractivity contribution in [3.63, 3.8) is 0 Å². The number of rotatable bonds is 8. The van der Waals surface area contributed by atoms with Crippen LogP contribution in [0.4, 0.5) is 0 Å². The molecule has 2 aliphatic carbocycles. The van der Waals surface area contributed by atoms with Gasteiger partial charge in [0.15, 0.2) is 0 Å². The molecule has 0 unspecified atom stereocenters. The Bertz CT molecular complexity index is 1280. The Kier molecular flexibility index (Phi) is 7.73. The summed E-state index contributed by atoms with van der Waals surface area (Å²) in [5.74, 6) is -0.622. The van der Waals surface area contributed by atoms with Crippen LogP contribution in [0.15, 0.2) is 43.5 Å². The van der Waals surface area contributed by atoms with Crippen LogP contribution in [-0.2, 0) is 25.1 Å². The summed E-state index contributed by atoms with van der Waals surface area (Å²) >= 11 is 4.91. The first kappa shape index (κ1) is 27.3. The monoisotopic (exact) mass is 596 g/mol. The molecule has 0 radical (unpaired) electrons. The van der Waals surface area contributed by atoms with Gasteiger partial charge in [-0.1, -0.05) is 54.3 Å². The number of carboxylic acid groups (broad SMARTS) is 1. The first-order chi connectivity index (χ1) is 16.9. The van der Waals surface area contributed by atoms with E-state index in [-0.39, 0.29) is 28.7 Å². The maximum atomic E-state index is 12.4. The number of fused-ring (bicyclic) bond motifs is 3. The van der Waals surface area contributed by atoms with Crippen molar-refractivity contribution in [2.24, 2.45) is 16.5 Å². The first-order valence-corrected chi connectivity index (χ1v) is 15.4. The molecule has 0 saturated heterocycles. The zero-order valence-electron chi connectivity index (χ0n) is 21.0. The van der Waals surface area contributed by atoms with Crippen molar-refractivity contribution in [3.8, 4) is 0 Å². The van der Waals surface area contributed by atoms with E-state index in [2.05, 4.69) is 58.7 Å². The fourth-order valence-corrected chi connectivity index (χ4v) is 8.72. The number of aliphatic carboxylic acids is 1. The van der Waals surface area contributed by atoms with E-state index in [9.17, 15) is 18.3 Å². The molecule has 36 heavy (non-hydrogen) atoms. The Labute approximate surface area is 225 Å². The minimum atomic E-state index is -3.57. The molecule has 196 valence electrons. The molecule has 7 nitrogen and oxygen atoms in total.